The maximum absolute atomic E-state index is 12.6. The monoisotopic (exact) mass is 411 g/mol. The van der Waals surface area contributed by atoms with Gasteiger partial charge in [-0.25, -0.2) is 12.7 Å². The molecule has 0 radical (unpaired) electrons. The van der Waals surface area contributed by atoms with E-state index in [2.05, 4.69) is 10.4 Å². The topological polar surface area (TPSA) is 103 Å². The standard InChI is InChI=1S/C17H29N7O3S/c1-4-18-17(19-9-14-5-6-23(11-14)28(3,26)27)22-7-8-24(16(25)13-22)15-10-20-21(2)12-15/h10,12,14H,4-9,11,13H2,1-3H3,(H,18,19). The molecule has 11 heteroatoms. The van der Waals surface area contributed by atoms with E-state index in [0.29, 0.717) is 45.2 Å². The zero-order valence-electron chi connectivity index (χ0n) is 16.7. The summed E-state index contributed by atoms with van der Waals surface area (Å²) >= 11 is 0. The van der Waals surface area contributed by atoms with Crippen LogP contribution in [0.2, 0.25) is 0 Å². The molecule has 0 bridgehead atoms. The number of guanidine groups is 1. The van der Waals surface area contributed by atoms with E-state index in [-0.39, 0.29) is 18.4 Å². The molecule has 28 heavy (non-hydrogen) atoms. The van der Waals surface area contributed by atoms with Crippen LogP contribution < -0.4 is 10.2 Å². The summed E-state index contributed by atoms with van der Waals surface area (Å²) in [5, 5.41) is 7.39. The average Bonchev–Trinajstić information content (AvgIpc) is 3.27. The molecule has 0 saturated carbocycles. The lowest BCUT2D eigenvalue weighted by molar-refractivity contribution is -0.120. The van der Waals surface area contributed by atoms with Crippen molar-refractivity contribution in [3.63, 3.8) is 0 Å². The number of piperazine rings is 1. The predicted octanol–water partition coefficient (Wildman–Crippen LogP) is -0.684. The Morgan fingerprint density at radius 2 is 2.14 bits per heavy atom. The summed E-state index contributed by atoms with van der Waals surface area (Å²) in [6, 6.07) is 0. The molecule has 2 aliphatic heterocycles. The van der Waals surface area contributed by atoms with Crippen molar-refractivity contribution in [3.05, 3.63) is 12.4 Å². The summed E-state index contributed by atoms with van der Waals surface area (Å²) in [4.78, 5) is 21.0. The second kappa shape index (κ2) is 8.48. The first-order chi connectivity index (χ1) is 13.3. The largest absolute Gasteiger partial charge is 0.357 e. The first-order valence-corrected chi connectivity index (χ1v) is 11.4. The van der Waals surface area contributed by atoms with Crippen LogP contribution in [0.25, 0.3) is 0 Å². The number of nitrogens with one attached hydrogen (secondary N) is 1. The molecule has 0 spiro atoms. The summed E-state index contributed by atoms with van der Waals surface area (Å²) in [6.45, 7) is 5.80. The van der Waals surface area contributed by atoms with Crippen molar-refractivity contribution < 1.29 is 13.2 Å². The molecule has 1 aromatic heterocycles. The van der Waals surface area contributed by atoms with Gasteiger partial charge in [-0.2, -0.15) is 5.10 Å². The quantitative estimate of drug-likeness (QED) is 0.509. The summed E-state index contributed by atoms with van der Waals surface area (Å²) in [5.41, 5.74) is 0.806. The number of carbonyl (C=O) groups is 1. The fourth-order valence-corrected chi connectivity index (χ4v) is 4.48. The molecule has 1 N–H and O–H groups in total. The van der Waals surface area contributed by atoms with E-state index in [1.807, 2.05) is 25.1 Å². The normalized spacial score (nSPS) is 22.2. The van der Waals surface area contributed by atoms with E-state index in [1.54, 1.807) is 15.8 Å². The number of nitrogens with zero attached hydrogens (tertiary/aromatic N) is 6. The molecular weight excluding hydrogens is 382 g/mol. The Bertz CT molecular complexity index is 836. The van der Waals surface area contributed by atoms with Gasteiger partial charge in [0.1, 0.15) is 6.54 Å². The third-order valence-electron chi connectivity index (χ3n) is 5.07. The first-order valence-electron chi connectivity index (χ1n) is 9.55. The minimum absolute atomic E-state index is 0.00831. The van der Waals surface area contributed by atoms with Crippen LogP contribution in [0.5, 0.6) is 0 Å². The SMILES string of the molecule is CCNC(=NCC1CCN(S(C)(=O)=O)C1)N1CCN(c2cnn(C)c2)C(=O)C1. The highest BCUT2D eigenvalue weighted by Gasteiger charge is 2.30. The van der Waals surface area contributed by atoms with E-state index >= 15 is 0 Å². The van der Waals surface area contributed by atoms with Crippen molar-refractivity contribution in [3.8, 4) is 0 Å². The van der Waals surface area contributed by atoms with Gasteiger partial charge in [0.2, 0.25) is 15.9 Å². The number of aryl methyl sites for hydroxylation is 1. The Kier molecular flexibility index (Phi) is 6.23. The molecule has 2 aliphatic rings. The van der Waals surface area contributed by atoms with Crippen LogP contribution >= 0.6 is 0 Å². The number of sulfonamides is 1. The summed E-state index contributed by atoms with van der Waals surface area (Å²) in [5.74, 6) is 0.921. The third kappa shape index (κ3) is 4.82. The molecule has 156 valence electrons. The highest BCUT2D eigenvalue weighted by molar-refractivity contribution is 7.88. The number of rotatable bonds is 5. The van der Waals surface area contributed by atoms with Gasteiger partial charge < -0.3 is 15.1 Å². The number of carbonyl (C=O) groups excluding carboxylic acids is 1. The van der Waals surface area contributed by atoms with Crippen molar-refractivity contribution in [2.45, 2.75) is 13.3 Å². The minimum Gasteiger partial charge on any atom is -0.357 e. The Morgan fingerprint density at radius 3 is 2.71 bits per heavy atom. The van der Waals surface area contributed by atoms with E-state index in [4.69, 9.17) is 4.99 Å². The molecule has 1 amide bonds. The predicted molar refractivity (Wildman–Crippen MR) is 108 cm³/mol. The van der Waals surface area contributed by atoms with E-state index < -0.39 is 10.0 Å². The van der Waals surface area contributed by atoms with Gasteiger partial charge in [-0.1, -0.05) is 0 Å². The van der Waals surface area contributed by atoms with E-state index in [9.17, 15) is 13.2 Å². The van der Waals surface area contributed by atoms with Gasteiger partial charge in [0.15, 0.2) is 5.96 Å². The van der Waals surface area contributed by atoms with Crippen molar-refractivity contribution in [1.82, 2.24) is 24.3 Å². The van der Waals surface area contributed by atoms with Crippen molar-refractivity contribution in [2.75, 3.05) is 57.0 Å². The lowest BCUT2D eigenvalue weighted by Gasteiger charge is -2.35. The van der Waals surface area contributed by atoms with Crippen LogP contribution in [0.4, 0.5) is 5.69 Å². The average molecular weight is 412 g/mol. The lowest BCUT2D eigenvalue weighted by Crippen LogP contribution is -2.55. The second-order valence-electron chi connectivity index (χ2n) is 7.31. The number of aliphatic imine (C=N–C) groups is 1. The van der Waals surface area contributed by atoms with Crippen LogP contribution in [0.15, 0.2) is 17.4 Å². The molecule has 3 heterocycles. The number of hydrogen-bond acceptors (Lipinski definition) is 5. The molecule has 3 rings (SSSR count). The Hall–Kier alpha value is -2.14. The lowest BCUT2D eigenvalue weighted by atomic mass is 10.1. The maximum Gasteiger partial charge on any atom is 0.246 e. The van der Waals surface area contributed by atoms with Gasteiger partial charge in [0.05, 0.1) is 18.1 Å². The van der Waals surface area contributed by atoms with Crippen LogP contribution in [-0.4, -0.2) is 91.3 Å². The minimum atomic E-state index is -3.14. The molecule has 1 unspecified atom stereocenters. The maximum atomic E-state index is 12.6. The Labute approximate surface area is 166 Å². The van der Waals surface area contributed by atoms with Gasteiger partial charge in [0, 0.05) is 52.5 Å². The van der Waals surface area contributed by atoms with Gasteiger partial charge in [0.25, 0.3) is 0 Å². The number of amides is 1. The van der Waals surface area contributed by atoms with Gasteiger partial charge in [-0.3, -0.25) is 14.5 Å². The van der Waals surface area contributed by atoms with Crippen molar-refractivity contribution >= 4 is 27.6 Å². The molecular formula is C17H29N7O3S. The Morgan fingerprint density at radius 1 is 1.36 bits per heavy atom. The number of anilines is 1. The molecule has 1 atom stereocenters. The fraction of sp³-hybridized carbons (Fsp3) is 0.706. The van der Waals surface area contributed by atoms with Gasteiger partial charge >= 0.3 is 0 Å². The zero-order valence-corrected chi connectivity index (χ0v) is 17.5. The molecule has 0 aromatic carbocycles. The van der Waals surface area contributed by atoms with Crippen molar-refractivity contribution in [1.29, 1.82) is 0 Å². The van der Waals surface area contributed by atoms with Crippen LogP contribution in [0.3, 0.4) is 0 Å². The van der Waals surface area contributed by atoms with Crippen LogP contribution in [-0.2, 0) is 21.9 Å². The summed E-state index contributed by atoms with van der Waals surface area (Å²) in [7, 11) is -1.31. The smallest absolute Gasteiger partial charge is 0.246 e. The molecule has 0 aliphatic carbocycles. The van der Waals surface area contributed by atoms with Gasteiger partial charge in [-0.15, -0.1) is 0 Å². The van der Waals surface area contributed by atoms with E-state index in [1.165, 1.54) is 10.6 Å². The first kappa shape index (κ1) is 20.6. The molecule has 2 fully saturated rings. The highest BCUT2D eigenvalue weighted by atomic mass is 32.2. The second-order valence-corrected chi connectivity index (χ2v) is 9.29. The fourth-order valence-electron chi connectivity index (χ4n) is 3.56. The summed E-state index contributed by atoms with van der Waals surface area (Å²) < 4.78 is 26.5. The number of aromatic nitrogens is 2. The van der Waals surface area contributed by atoms with Crippen LogP contribution in [0, 0.1) is 5.92 Å². The zero-order chi connectivity index (χ0) is 20.3. The molecule has 10 nitrogen and oxygen atoms in total. The molecule has 2 saturated heterocycles. The van der Waals surface area contributed by atoms with Crippen LogP contribution in [0.1, 0.15) is 13.3 Å². The molecule has 1 aromatic rings. The van der Waals surface area contributed by atoms with E-state index in [0.717, 1.165) is 12.1 Å². The van der Waals surface area contributed by atoms with Gasteiger partial charge in [-0.05, 0) is 19.3 Å². The van der Waals surface area contributed by atoms with Crippen molar-refractivity contribution in [2.24, 2.45) is 18.0 Å². The third-order valence-corrected chi connectivity index (χ3v) is 6.34. The number of hydrogen-bond donors (Lipinski definition) is 1. The summed E-state index contributed by atoms with van der Waals surface area (Å²) in [6.07, 6.45) is 5.58. The highest BCUT2D eigenvalue weighted by Crippen LogP contribution is 2.20. The Balaban J connectivity index is 1.61.